The average molecular weight is 262 g/mol. The van der Waals surface area contributed by atoms with Gasteiger partial charge in [0.1, 0.15) is 0 Å². The maximum Gasteiger partial charge on any atom is 0.328 e. The van der Waals surface area contributed by atoms with E-state index in [9.17, 15) is 4.79 Å². The van der Waals surface area contributed by atoms with E-state index in [1.807, 2.05) is 31.3 Å². The van der Waals surface area contributed by atoms with Gasteiger partial charge in [-0.15, -0.1) is 0 Å². The van der Waals surface area contributed by atoms with Crippen LogP contribution in [0.1, 0.15) is 12.0 Å². The smallest absolute Gasteiger partial charge is 0.328 e. The van der Waals surface area contributed by atoms with Crippen LogP contribution in [0.15, 0.2) is 30.3 Å². The Balaban J connectivity index is 2.73. The average Bonchev–Trinajstić information content (AvgIpc) is 2.36. The second-order valence-corrected chi connectivity index (χ2v) is 4.81. The van der Waals surface area contributed by atoms with Gasteiger partial charge in [-0.25, -0.2) is 4.79 Å². The van der Waals surface area contributed by atoms with E-state index in [0.717, 1.165) is 30.8 Å². The molecule has 0 atom stereocenters. The summed E-state index contributed by atoms with van der Waals surface area (Å²) in [5.74, 6) is -0.926. The summed E-state index contributed by atoms with van der Waals surface area (Å²) in [6.07, 6.45) is 3.88. The Morgan fingerprint density at radius 1 is 1.21 bits per heavy atom. The first-order valence-corrected chi connectivity index (χ1v) is 6.36. The van der Waals surface area contributed by atoms with Crippen LogP contribution in [0.25, 0.3) is 6.08 Å². The molecule has 0 spiro atoms. The second kappa shape index (κ2) is 7.59. The molecule has 4 heteroatoms. The summed E-state index contributed by atoms with van der Waals surface area (Å²) in [5, 5.41) is 8.70. The zero-order valence-electron chi connectivity index (χ0n) is 11.8. The number of rotatable bonds is 7. The molecule has 0 aliphatic rings. The van der Waals surface area contributed by atoms with Crippen molar-refractivity contribution in [2.75, 3.05) is 39.1 Å². The highest BCUT2D eigenvalue weighted by atomic mass is 16.4. The fourth-order valence-electron chi connectivity index (χ4n) is 1.88. The lowest BCUT2D eigenvalue weighted by atomic mass is 10.1. The molecule has 0 heterocycles. The molecule has 0 bridgehead atoms. The maximum atomic E-state index is 10.6. The Morgan fingerprint density at radius 3 is 2.53 bits per heavy atom. The third-order valence-corrected chi connectivity index (χ3v) is 2.85. The fourth-order valence-corrected chi connectivity index (χ4v) is 1.88. The number of benzene rings is 1. The molecule has 1 N–H and O–H groups in total. The minimum Gasteiger partial charge on any atom is -0.478 e. The number of nitrogens with zero attached hydrogens (tertiary/aromatic N) is 2. The number of para-hydroxylation sites is 1. The number of hydrogen-bond donors (Lipinski definition) is 1. The molecule has 1 aromatic rings. The Kier molecular flexibility index (Phi) is 6.09. The molecule has 0 unspecified atom stereocenters. The SMILES string of the molecule is CN(C)CCCN(C)c1ccccc1C=CC(=O)O. The minimum absolute atomic E-state index is 0.926. The van der Waals surface area contributed by atoms with E-state index >= 15 is 0 Å². The number of carboxylic acids is 1. The molecule has 104 valence electrons. The van der Waals surface area contributed by atoms with Gasteiger partial charge in [0.2, 0.25) is 0 Å². The first-order valence-electron chi connectivity index (χ1n) is 6.36. The summed E-state index contributed by atoms with van der Waals surface area (Å²) in [5.41, 5.74) is 1.98. The Bertz CT molecular complexity index is 442. The normalized spacial score (nSPS) is 11.2. The lowest BCUT2D eigenvalue weighted by Crippen LogP contribution is -2.23. The fraction of sp³-hybridized carbons (Fsp3) is 0.400. The van der Waals surface area contributed by atoms with Crippen molar-refractivity contribution >= 4 is 17.7 Å². The number of carboxylic acid groups (broad SMARTS) is 1. The van der Waals surface area contributed by atoms with Crippen LogP contribution in [0.5, 0.6) is 0 Å². The molecule has 0 saturated carbocycles. The molecule has 0 saturated heterocycles. The summed E-state index contributed by atoms with van der Waals surface area (Å²) < 4.78 is 0. The molecule has 1 aromatic carbocycles. The highest BCUT2D eigenvalue weighted by molar-refractivity contribution is 5.86. The summed E-state index contributed by atoms with van der Waals surface area (Å²) in [7, 11) is 6.15. The molecule has 0 radical (unpaired) electrons. The lowest BCUT2D eigenvalue weighted by molar-refractivity contribution is -0.131. The van der Waals surface area contributed by atoms with E-state index in [0.29, 0.717) is 0 Å². The van der Waals surface area contributed by atoms with Gasteiger partial charge in [-0.3, -0.25) is 0 Å². The number of anilines is 1. The molecule has 19 heavy (non-hydrogen) atoms. The van der Waals surface area contributed by atoms with Gasteiger partial charge in [0, 0.05) is 25.4 Å². The third-order valence-electron chi connectivity index (χ3n) is 2.85. The maximum absolute atomic E-state index is 10.6. The highest BCUT2D eigenvalue weighted by Crippen LogP contribution is 2.20. The van der Waals surface area contributed by atoms with Crippen LogP contribution in [0.3, 0.4) is 0 Å². The van der Waals surface area contributed by atoms with Crippen molar-refractivity contribution in [3.8, 4) is 0 Å². The molecular formula is C15H22N2O2. The Labute approximate surface area is 115 Å². The van der Waals surface area contributed by atoms with Crippen molar-refractivity contribution in [2.45, 2.75) is 6.42 Å². The van der Waals surface area contributed by atoms with Crippen LogP contribution in [-0.4, -0.2) is 50.2 Å². The van der Waals surface area contributed by atoms with E-state index < -0.39 is 5.97 Å². The summed E-state index contributed by atoms with van der Waals surface area (Å²) in [4.78, 5) is 14.9. The van der Waals surface area contributed by atoms with Crippen LogP contribution < -0.4 is 4.90 Å². The molecule has 4 nitrogen and oxygen atoms in total. The van der Waals surface area contributed by atoms with Crippen LogP contribution in [0.4, 0.5) is 5.69 Å². The van der Waals surface area contributed by atoms with E-state index in [2.05, 4.69) is 23.9 Å². The number of aliphatic carboxylic acids is 1. The largest absolute Gasteiger partial charge is 0.478 e. The predicted molar refractivity (Wildman–Crippen MR) is 79.6 cm³/mol. The van der Waals surface area contributed by atoms with E-state index in [-0.39, 0.29) is 0 Å². The van der Waals surface area contributed by atoms with Crippen molar-refractivity contribution in [1.29, 1.82) is 0 Å². The minimum atomic E-state index is -0.926. The van der Waals surface area contributed by atoms with Gasteiger partial charge in [0.25, 0.3) is 0 Å². The Hall–Kier alpha value is -1.81. The van der Waals surface area contributed by atoms with Crippen molar-refractivity contribution < 1.29 is 9.90 Å². The monoisotopic (exact) mass is 262 g/mol. The topological polar surface area (TPSA) is 43.8 Å². The van der Waals surface area contributed by atoms with Gasteiger partial charge in [0.15, 0.2) is 0 Å². The summed E-state index contributed by atoms with van der Waals surface area (Å²) in [6, 6.07) is 7.82. The number of hydrogen-bond acceptors (Lipinski definition) is 3. The van der Waals surface area contributed by atoms with Crippen LogP contribution in [-0.2, 0) is 4.79 Å². The molecule has 0 aliphatic heterocycles. The lowest BCUT2D eigenvalue weighted by Gasteiger charge is -2.22. The van der Waals surface area contributed by atoms with Crippen LogP contribution >= 0.6 is 0 Å². The van der Waals surface area contributed by atoms with E-state index in [4.69, 9.17) is 5.11 Å². The van der Waals surface area contributed by atoms with Gasteiger partial charge in [-0.2, -0.15) is 0 Å². The molecule has 0 aliphatic carbocycles. The van der Waals surface area contributed by atoms with Gasteiger partial charge in [0.05, 0.1) is 0 Å². The standard InChI is InChI=1S/C15H22N2O2/c1-16(2)11-6-12-17(3)14-8-5-4-7-13(14)9-10-15(18)19/h4-5,7-10H,6,11-12H2,1-3H3,(H,18,19). The highest BCUT2D eigenvalue weighted by Gasteiger charge is 2.05. The van der Waals surface area contributed by atoms with Crippen molar-refractivity contribution in [2.24, 2.45) is 0 Å². The van der Waals surface area contributed by atoms with Crippen molar-refractivity contribution in [3.05, 3.63) is 35.9 Å². The van der Waals surface area contributed by atoms with Gasteiger partial charge in [-0.05, 0) is 44.8 Å². The van der Waals surface area contributed by atoms with Gasteiger partial charge >= 0.3 is 5.97 Å². The zero-order valence-corrected chi connectivity index (χ0v) is 11.8. The van der Waals surface area contributed by atoms with Crippen LogP contribution in [0.2, 0.25) is 0 Å². The Morgan fingerprint density at radius 2 is 1.89 bits per heavy atom. The zero-order chi connectivity index (χ0) is 14.3. The summed E-state index contributed by atoms with van der Waals surface area (Å²) >= 11 is 0. The van der Waals surface area contributed by atoms with Gasteiger partial charge < -0.3 is 14.9 Å². The van der Waals surface area contributed by atoms with Crippen molar-refractivity contribution in [1.82, 2.24) is 4.90 Å². The van der Waals surface area contributed by atoms with E-state index in [1.54, 1.807) is 6.08 Å². The molecule has 0 fully saturated rings. The van der Waals surface area contributed by atoms with Crippen LogP contribution in [0, 0.1) is 0 Å². The summed E-state index contributed by atoms with van der Waals surface area (Å²) in [6.45, 7) is 1.98. The first-order chi connectivity index (χ1) is 9.00. The molecule has 0 aromatic heterocycles. The van der Waals surface area contributed by atoms with Crippen molar-refractivity contribution in [3.63, 3.8) is 0 Å². The first kappa shape index (κ1) is 15.2. The second-order valence-electron chi connectivity index (χ2n) is 4.81. The molecule has 0 amide bonds. The third kappa shape index (κ3) is 5.57. The van der Waals surface area contributed by atoms with Gasteiger partial charge in [-0.1, -0.05) is 18.2 Å². The predicted octanol–water partition coefficient (Wildman–Crippen LogP) is 2.17. The quantitative estimate of drug-likeness (QED) is 0.765. The van der Waals surface area contributed by atoms with E-state index in [1.165, 1.54) is 6.08 Å². The molecule has 1 rings (SSSR count). The molecular weight excluding hydrogens is 240 g/mol. The number of carbonyl (C=O) groups is 1.